The number of nitrogens with zero attached hydrogens (tertiary/aromatic N) is 1. The molecule has 2 aliphatic rings. The van der Waals surface area contributed by atoms with E-state index in [2.05, 4.69) is 0 Å². The molecule has 2 heterocycles. The summed E-state index contributed by atoms with van der Waals surface area (Å²) >= 11 is 0. The SMILES string of the molecule is CC(C(=O)N1C(=O)OC(c2ccccc2)C1C)C1OC(=CCCOCCOCCO)C=CC1=O. The number of allylic oxidation sites excluding steroid dienone is 1. The molecule has 9 heteroatoms. The number of rotatable bonds is 11. The third-order valence-electron chi connectivity index (χ3n) is 5.65. The minimum Gasteiger partial charge on any atom is -0.482 e. The summed E-state index contributed by atoms with van der Waals surface area (Å²) in [6, 6.07) is 8.70. The summed E-state index contributed by atoms with van der Waals surface area (Å²) in [5.41, 5.74) is 0.798. The molecular formula is C25H31NO8. The van der Waals surface area contributed by atoms with Crippen LogP contribution in [0.1, 0.15) is 31.9 Å². The van der Waals surface area contributed by atoms with Crippen LogP contribution in [-0.4, -0.2) is 73.0 Å². The van der Waals surface area contributed by atoms with E-state index in [1.165, 1.54) is 6.08 Å². The zero-order chi connectivity index (χ0) is 24.5. The maximum Gasteiger partial charge on any atom is 0.417 e. The van der Waals surface area contributed by atoms with Gasteiger partial charge in [0, 0.05) is 0 Å². The van der Waals surface area contributed by atoms with Gasteiger partial charge >= 0.3 is 6.09 Å². The Kier molecular flexibility index (Phi) is 9.38. The van der Waals surface area contributed by atoms with Crippen LogP contribution in [0, 0.1) is 5.92 Å². The van der Waals surface area contributed by atoms with Gasteiger partial charge in [-0.2, -0.15) is 0 Å². The molecule has 3 rings (SSSR count). The number of ketones is 1. The fourth-order valence-electron chi connectivity index (χ4n) is 3.83. The lowest BCUT2D eigenvalue weighted by atomic mass is 9.95. The molecule has 4 atom stereocenters. The minimum absolute atomic E-state index is 0.0257. The summed E-state index contributed by atoms with van der Waals surface area (Å²) in [4.78, 5) is 39.3. The summed E-state index contributed by atoms with van der Waals surface area (Å²) in [6.07, 6.45) is 2.92. The minimum atomic E-state index is -1.03. The first kappa shape index (κ1) is 25.6. The molecule has 0 aliphatic carbocycles. The second-order valence-electron chi connectivity index (χ2n) is 8.07. The molecule has 1 aromatic rings. The number of ether oxygens (including phenoxy) is 4. The quantitative estimate of drug-likeness (QED) is 0.488. The zero-order valence-electron chi connectivity index (χ0n) is 19.4. The Hall–Kier alpha value is -3.01. The molecule has 1 saturated heterocycles. The van der Waals surface area contributed by atoms with Gasteiger partial charge in [-0.3, -0.25) is 9.59 Å². The maximum absolute atomic E-state index is 13.2. The van der Waals surface area contributed by atoms with Crippen LogP contribution in [0.15, 0.2) is 54.3 Å². The fraction of sp³-hybridized carbons (Fsp3) is 0.480. The van der Waals surface area contributed by atoms with Crippen molar-refractivity contribution in [2.45, 2.75) is 38.5 Å². The number of hydrogen-bond donors (Lipinski definition) is 1. The molecule has 0 aromatic heterocycles. The molecular weight excluding hydrogens is 442 g/mol. The number of imide groups is 1. The highest BCUT2D eigenvalue weighted by molar-refractivity contribution is 6.01. The van der Waals surface area contributed by atoms with E-state index in [0.29, 0.717) is 32.0 Å². The number of carbonyl (C=O) groups excluding carboxylic acids is 3. The molecule has 34 heavy (non-hydrogen) atoms. The highest BCUT2D eigenvalue weighted by atomic mass is 16.6. The molecule has 0 spiro atoms. The van der Waals surface area contributed by atoms with Gasteiger partial charge in [0.1, 0.15) is 11.9 Å². The van der Waals surface area contributed by atoms with Gasteiger partial charge in [0.25, 0.3) is 0 Å². The number of amides is 2. The molecule has 2 amide bonds. The Morgan fingerprint density at radius 1 is 1.09 bits per heavy atom. The van der Waals surface area contributed by atoms with Gasteiger partial charge in [-0.1, -0.05) is 30.3 Å². The molecule has 184 valence electrons. The summed E-state index contributed by atoms with van der Waals surface area (Å²) in [7, 11) is 0. The van der Waals surface area contributed by atoms with E-state index in [9.17, 15) is 14.4 Å². The Balaban J connectivity index is 1.56. The number of aliphatic hydroxyl groups excluding tert-OH is 1. The third-order valence-corrected chi connectivity index (χ3v) is 5.65. The normalized spacial score (nSPS) is 24.3. The Bertz CT molecular complexity index is 913. The predicted molar refractivity (Wildman–Crippen MR) is 122 cm³/mol. The van der Waals surface area contributed by atoms with Crippen molar-refractivity contribution in [3.63, 3.8) is 0 Å². The molecule has 1 aromatic carbocycles. The number of aliphatic hydroxyl groups is 1. The van der Waals surface area contributed by atoms with Crippen molar-refractivity contribution in [1.82, 2.24) is 4.90 Å². The van der Waals surface area contributed by atoms with Crippen LogP contribution in [0.3, 0.4) is 0 Å². The van der Waals surface area contributed by atoms with Gasteiger partial charge < -0.3 is 24.1 Å². The Morgan fingerprint density at radius 2 is 1.79 bits per heavy atom. The smallest absolute Gasteiger partial charge is 0.417 e. The van der Waals surface area contributed by atoms with Crippen LogP contribution in [0.25, 0.3) is 0 Å². The summed E-state index contributed by atoms with van der Waals surface area (Å²) in [5.74, 6) is -1.28. The lowest BCUT2D eigenvalue weighted by Gasteiger charge is -2.28. The third kappa shape index (κ3) is 6.31. The van der Waals surface area contributed by atoms with E-state index in [1.807, 2.05) is 30.3 Å². The Labute approximate surface area is 198 Å². The Morgan fingerprint density at radius 3 is 2.50 bits per heavy atom. The van der Waals surface area contributed by atoms with E-state index >= 15 is 0 Å². The van der Waals surface area contributed by atoms with Crippen molar-refractivity contribution in [2.75, 3.05) is 33.0 Å². The summed E-state index contributed by atoms with van der Waals surface area (Å²) in [6.45, 7) is 4.80. The fourth-order valence-corrected chi connectivity index (χ4v) is 3.83. The lowest BCUT2D eigenvalue weighted by molar-refractivity contribution is -0.142. The highest BCUT2D eigenvalue weighted by Crippen LogP contribution is 2.34. The van der Waals surface area contributed by atoms with Gasteiger partial charge in [-0.15, -0.1) is 0 Å². The average Bonchev–Trinajstić information content (AvgIpc) is 3.15. The first-order valence-corrected chi connectivity index (χ1v) is 11.4. The standard InChI is InChI=1S/C25H31NO8/c1-17(24(29)26-18(2)23(34-25(26)30)19-7-4-3-5-8-19)22-21(28)11-10-20(33-22)9-6-13-31-15-16-32-14-12-27/h3-5,7-11,17-18,22-23,27H,6,12-16H2,1-2H3. The average molecular weight is 474 g/mol. The van der Waals surface area contributed by atoms with E-state index in [1.54, 1.807) is 26.0 Å². The largest absolute Gasteiger partial charge is 0.482 e. The predicted octanol–water partition coefficient (Wildman–Crippen LogP) is 2.55. The van der Waals surface area contributed by atoms with Gasteiger partial charge in [-0.05, 0) is 44.1 Å². The molecule has 1 N–H and O–H groups in total. The second kappa shape index (κ2) is 12.5. The van der Waals surface area contributed by atoms with E-state index in [4.69, 9.17) is 24.1 Å². The highest BCUT2D eigenvalue weighted by Gasteiger charge is 2.47. The summed E-state index contributed by atoms with van der Waals surface area (Å²) in [5, 5.41) is 8.65. The van der Waals surface area contributed by atoms with Crippen LogP contribution >= 0.6 is 0 Å². The van der Waals surface area contributed by atoms with Crippen LogP contribution in [0.4, 0.5) is 4.79 Å². The number of benzene rings is 1. The first-order chi connectivity index (χ1) is 16.4. The van der Waals surface area contributed by atoms with Crippen molar-refractivity contribution >= 4 is 17.8 Å². The number of carbonyl (C=O) groups is 3. The van der Waals surface area contributed by atoms with Crippen LogP contribution in [0.2, 0.25) is 0 Å². The topological polar surface area (TPSA) is 112 Å². The van der Waals surface area contributed by atoms with Crippen LogP contribution < -0.4 is 0 Å². The molecule has 1 fully saturated rings. The monoisotopic (exact) mass is 473 g/mol. The molecule has 2 aliphatic heterocycles. The second-order valence-corrected chi connectivity index (χ2v) is 8.07. The first-order valence-electron chi connectivity index (χ1n) is 11.4. The van der Waals surface area contributed by atoms with E-state index in [0.717, 1.165) is 10.5 Å². The van der Waals surface area contributed by atoms with Crippen LogP contribution in [-0.2, 0) is 28.5 Å². The van der Waals surface area contributed by atoms with Crippen molar-refractivity contribution < 1.29 is 38.4 Å². The van der Waals surface area contributed by atoms with Crippen molar-refractivity contribution in [3.8, 4) is 0 Å². The number of hydrogen-bond acceptors (Lipinski definition) is 8. The van der Waals surface area contributed by atoms with Gasteiger partial charge in [0.2, 0.25) is 5.91 Å². The summed E-state index contributed by atoms with van der Waals surface area (Å²) < 4.78 is 21.8. The van der Waals surface area contributed by atoms with Crippen LogP contribution in [0.5, 0.6) is 0 Å². The molecule has 0 radical (unpaired) electrons. The zero-order valence-corrected chi connectivity index (χ0v) is 19.4. The lowest BCUT2D eigenvalue weighted by Crippen LogP contribution is -2.47. The van der Waals surface area contributed by atoms with E-state index in [-0.39, 0.29) is 19.0 Å². The molecule has 9 nitrogen and oxygen atoms in total. The number of cyclic esters (lactones) is 1. The van der Waals surface area contributed by atoms with Crippen molar-refractivity contribution in [3.05, 3.63) is 59.9 Å². The maximum atomic E-state index is 13.2. The molecule has 0 saturated carbocycles. The van der Waals surface area contributed by atoms with Crippen molar-refractivity contribution in [1.29, 1.82) is 0 Å². The van der Waals surface area contributed by atoms with Gasteiger partial charge in [-0.25, -0.2) is 9.69 Å². The molecule has 4 unspecified atom stereocenters. The molecule has 0 bridgehead atoms. The van der Waals surface area contributed by atoms with E-state index < -0.39 is 36.2 Å². The van der Waals surface area contributed by atoms with Gasteiger partial charge in [0.05, 0.1) is 45.0 Å². The van der Waals surface area contributed by atoms with Crippen molar-refractivity contribution in [2.24, 2.45) is 5.92 Å². The van der Waals surface area contributed by atoms with Gasteiger partial charge in [0.15, 0.2) is 11.9 Å².